The highest BCUT2D eigenvalue weighted by Crippen LogP contribution is 2.43. The van der Waals surface area contributed by atoms with Crippen molar-refractivity contribution in [3.05, 3.63) is 91.0 Å². The Morgan fingerprint density at radius 1 is 0.720 bits per heavy atom. The molecule has 0 aliphatic rings. The summed E-state index contributed by atoms with van der Waals surface area (Å²) in [6, 6.07) is 32.1. The van der Waals surface area contributed by atoms with E-state index in [1.165, 1.54) is 15.9 Å². The fraction of sp³-hybridized carbons (Fsp3) is 0.130. The second kappa shape index (κ2) is 8.14. The fourth-order valence-corrected chi connectivity index (χ4v) is 7.18. The minimum Gasteiger partial charge on any atom is -0.300 e. The second-order valence-corrected chi connectivity index (χ2v) is 9.51. The number of rotatable bonds is 6. The van der Waals surface area contributed by atoms with Crippen molar-refractivity contribution >= 4 is 34.4 Å². The van der Waals surface area contributed by atoms with Gasteiger partial charge in [-0.1, -0.05) is 96.8 Å². The molecule has 0 saturated carbocycles. The minimum absolute atomic E-state index is 0.239. The van der Waals surface area contributed by atoms with Crippen molar-refractivity contribution in [2.75, 3.05) is 0 Å². The van der Waals surface area contributed by atoms with Gasteiger partial charge in [-0.05, 0) is 36.1 Å². The molecule has 3 aromatic carbocycles. The molecule has 126 valence electrons. The van der Waals surface area contributed by atoms with Gasteiger partial charge in [-0.15, -0.1) is 0 Å². The van der Waals surface area contributed by atoms with Gasteiger partial charge in [-0.25, -0.2) is 0 Å². The van der Waals surface area contributed by atoms with Crippen LogP contribution in [-0.4, -0.2) is 11.6 Å². The summed E-state index contributed by atoms with van der Waals surface area (Å²) < 4.78 is 0. The van der Waals surface area contributed by atoms with Crippen molar-refractivity contribution in [3.63, 3.8) is 0 Å². The van der Waals surface area contributed by atoms with Crippen LogP contribution >= 0.6 is 6.89 Å². The largest absolute Gasteiger partial charge is 0.300 e. The summed E-state index contributed by atoms with van der Waals surface area (Å²) in [7, 11) is 0. The van der Waals surface area contributed by atoms with E-state index in [9.17, 15) is 4.79 Å². The highest BCUT2D eigenvalue weighted by molar-refractivity contribution is 7.94. The van der Waals surface area contributed by atoms with Gasteiger partial charge in [0.2, 0.25) is 0 Å². The lowest BCUT2D eigenvalue weighted by Crippen LogP contribution is -2.27. The van der Waals surface area contributed by atoms with E-state index in [2.05, 4.69) is 96.8 Å². The number of Topliss-reactive ketones (excluding diaryl/α,β-unsaturated/α-hetero) is 1. The molecule has 0 amide bonds. The lowest BCUT2D eigenvalue weighted by molar-refractivity contribution is -0.116. The zero-order valence-electron chi connectivity index (χ0n) is 14.5. The Morgan fingerprint density at radius 2 is 1.08 bits per heavy atom. The molecule has 0 radical (unpaired) electrons. The van der Waals surface area contributed by atoms with Crippen molar-refractivity contribution in [1.29, 1.82) is 0 Å². The van der Waals surface area contributed by atoms with E-state index in [0.717, 1.165) is 6.42 Å². The lowest BCUT2D eigenvalue weighted by Gasteiger charge is -2.28. The van der Waals surface area contributed by atoms with Crippen LogP contribution in [0.1, 0.15) is 19.8 Å². The van der Waals surface area contributed by atoms with Gasteiger partial charge in [0.05, 0.1) is 0 Å². The van der Waals surface area contributed by atoms with Gasteiger partial charge < -0.3 is 4.79 Å². The predicted molar refractivity (Wildman–Crippen MR) is 111 cm³/mol. The Balaban J connectivity index is 2.30. The van der Waals surface area contributed by atoms with Gasteiger partial charge in [0.15, 0.2) is 0 Å². The van der Waals surface area contributed by atoms with Crippen LogP contribution in [-0.2, 0) is 4.79 Å². The molecule has 0 bridgehead atoms. The van der Waals surface area contributed by atoms with Crippen LogP contribution in [0.25, 0.3) is 0 Å². The van der Waals surface area contributed by atoms with Crippen molar-refractivity contribution in [2.24, 2.45) is 0 Å². The Morgan fingerprint density at radius 3 is 1.40 bits per heavy atom. The zero-order chi connectivity index (χ0) is 17.5. The number of carbonyl (C=O) groups is 1. The Kier molecular flexibility index (Phi) is 5.68. The van der Waals surface area contributed by atoms with Crippen molar-refractivity contribution in [1.82, 2.24) is 0 Å². The molecule has 1 nitrogen and oxygen atoms in total. The van der Waals surface area contributed by atoms with E-state index in [0.29, 0.717) is 6.42 Å². The first-order valence-electron chi connectivity index (χ1n) is 8.63. The van der Waals surface area contributed by atoms with Crippen molar-refractivity contribution < 1.29 is 4.79 Å². The van der Waals surface area contributed by atoms with E-state index < -0.39 is 6.89 Å². The van der Waals surface area contributed by atoms with E-state index in [-0.39, 0.29) is 5.78 Å². The molecule has 3 rings (SSSR count). The monoisotopic (exact) mass is 346 g/mol. The first-order chi connectivity index (χ1) is 12.2. The Bertz CT molecular complexity index is 764. The second-order valence-electron chi connectivity index (χ2n) is 6.15. The summed E-state index contributed by atoms with van der Waals surface area (Å²) in [6.07, 6.45) is 1.38. The highest BCUT2D eigenvalue weighted by atomic mass is 31.2. The maximum atomic E-state index is 11.5. The third-order valence-electron chi connectivity index (χ3n) is 4.39. The number of carbonyl (C=O) groups excluding carboxylic acids is 1. The summed E-state index contributed by atoms with van der Waals surface area (Å²) in [4.78, 5) is 11.5. The zero-order valence-corrected chi connectivity index (χ0v) is 15.4. The topological polar surface area (TPSA) is 17.1 Å². The lowest BCUT2D eigenvalue weighted by atomic mass is 10.3. The molecule has 0 aromatic heterocycles. The summed E-state index contributed by atoms with van der Waals surface area (Å²) in [5.41, 5.74) is 0. The average molecular weight is 346 g/mol. The van der Waals surface area contributed by atoms with Crippen LogP contribution in [0.4, 0.5) is 0 Å². The molecule has 0 atom stereocenters. The van der Waals surface area contributed by atoms with Crippen LogP contribution in [0.5, 0.6) is 0 Å². The number of hydrogen-bond donors (Lipinski definition) is 0. The molecule has 0 saturated heterocycles. The molecule has 0 aliphatic carbocycles. The molecule has 0 spiro atoms. The maximum Gasteiger partial charge on any atom is 0.130 e. The minimum atomic E-state index is -1.89. The maximum absolute atomic E-state index is 11.5. The van der Waals surface area contributed by atoms with Crippen molar-refractivity contribution in [2.45, 2.75) is 19.8 Å². The summed E-state index contributed by atoms with van der Waals surface area (Å²) in [5.74, 6) is 2.65. The normalized spacial score (nSPS) is 11.1. The van der Waals surface area contributed by atoms with Gasteiger partial charge >= 0.3 is 0 Å². The van der Waals surface area contributed by atoms with E-state index in [1.807, 2.05) is 0 Å². The van der Waals surface area contributed by atoms with Crippen molar-refractivity contribution in [3.8, 4) is 0 Å². The smallest absolute Gasteiger partial charge is 0.130 e. The molecule has 0 aliphatic heterocycles. The third kappa shape index (κ3) is 3.83. The molecule has 0 heterocycles. The highest BCUT2D eigenvalue weighted by Gasteiger charge is 2.24. The SMILES string of the molecule is CC(=O)CCC=P(c1ccccc1)(c1ccccc1)c1ccccc1. The van der Waals surface area contributed by atoms with E-state index in [1.54, 1.807) is 6.92 Å². The first-order valence-corrected chi connectivity index (χ1v) is 10.5. The number of ketones is 1. The van der Waals surface area contributed by atoms with Crippen LogP contribution in [0, 0.1) is 0 Å². The molecular weight excluding hydrogens is 323 g/mol. The van der Waals surface area contributed by atoms with Crippen LogP contribution in [0.15, 0.2) is 91.0 Å². The molecule has 0 unspecified atom stereocenters. The Hall–Kier alpha value is -2.37. The quantitative estimate of drug-likeness (QED) is 0.613. The van der Waals surface area contributed by atoms with Crippen LogP contribution in [0.3, 0.4) is 0 Å². The molecule has 0 N–H and O–H groups in total. The fourth-order valence-electron chi connectivity index (χ4n) is 3.21. The molecule has 2 heteroatoms. The van der Waals surface area contributed by atoms with Crippen LogP contribution in [0.2, 0.25) is 0 Å². The number of benzene rings is 3. The first kappa shape index (κ1) is 17.5. The Labute approximate surface area is 150 Å². The van der Waals surface area contributed by atoms with Gasteiger partial charge in [0.1, 0.15) is 5.78 Å². The standard InChI is InChI=1S/C23H23OP/c1-20(24)12-11-19-25(21-13-5-2-6-14-21,22-15-7-3-8-16-22)23-17-9-4-10-18-23/h2-10,13-19H,11-12H2,1H3. The predicted octanol–water partition coefficient (Wildman–Crippen LogP) is 4.15. The molecular formula is C23H23OP. The average Bonchev–Trinajstić information content (AvgIpc) is 2.67. The third-order valence-corrected chi connectivity index (χ3v) is 8.53. The van der Waals surface area contributed by atoms with E-state index in [4.69, 9.17) is 0 Å². The van der Waals surface area contributed by atoms with Crippen LogP contribution < -0.4 is 15.9 Å². The summed E-state index contributed by atoms with van der Waals surface area (Å²) in [5, 5.41) is 3.99. The van der Waals surface area contributed by atoms with Gasteiger partial charge in [0, 0.05) is 6.42 Å². The molecule has 0 fully saturated rings. The summed E-state index contributed by atoms with van der Waals surface area (Å²) in [6.45, 7) is -0.219. The molecule has 25 heavy (non-hydrogen) atoms. The van der Waals surface area contributed by atoms with Gasteiger partial charge in [-0.3, -0.25) is 0 Å². The molecule has 3 aromatic rings. The van der Waals surface area contributed by atoms with E-state index >= 15 is 0 Å². The number of hydrogen-bond acceptors (Lipinski definition) is 1. The van der Waals surface area contributed by atoms with Gasteiger partial charge in [-0.2, -0.15) is 0 Å². The van der Waals surface area contributed by atoms with Gasteiger partial charge in [0.25, 0.3) is 0 Å². The summed E-state index contributed by atoms with van der Waals surface area (Å²) >= 11 is 0.